The van der Waals surface area contributed by atoms with E-state index in [0.29, 0.717) is 28.6 Å². The number of amides is 1. The first-order valence-electron chi connectivity index (χ1n) is 8.46. The summed E-state index contributed by atoms with van der Waals surface area (Å²) in [5.41, 5.74) is 2.34. The van der Waals surface area contributed by atoms with Gasteiger partial charge in [-0.3, -0.25) is 14.9 Å². The fourth-order valence-corrected chi connectivity index (χ4v) is 2.72. The molecule has 0 bridgehead atoms. The van der Waals surface area contributed by atoms with E-state index in [-0.39, 0.29) is 11.6 Å². The molecule has 0 spiro atoms. The number of aryl methyl sites for hydroxylation is 1. The molecule has 0 aliphatic heterocycles. The Morgan fingerprint density at radius 1 is 1.11 bits per heavy atom. The molecule has 3 aromatic rings. The van der Waals surface area contributed by atoms with Gasteiger partial charge in [0.25, 0.3) is 11.6 Å². The first-order chi connectivity index (χ1) is 13.4. The number of carbonyl (C=O) groups excluding carboxylic acids is 1. The van der Waals surface area contributed by atoms with Gasteiger partial charge in [0.15, 0.2) is 0 Å². The molecule has 0 radical (unpaired) electrons. The van der Waals surface area contributed by atoms with E-state index in [1.165, 1.54) is 12.1 Å². The molecule has 0 aliphatic carbocycles. The molecule has 6 nitrogen and oxygen atoms in total. The maximum absolute atomic E-state index is 12.4. The number of carbonyl (C=O) groups is 1. The van der Waals surface area contributed by atoms with Crippen molar-refractivity contribution in [1.29, 1.82) is 0 Å². The Balaban J connectivity index is 1.66. The number of hydrogen-bond acceptors (Lipinski definition) is 4. The minimum Gasteiger partial charge on any atom is -0.489 e. The minimum atomic E-state index is -0.500. The van der Waals surface area contributed by atoms with Crippen LogP contribution in [-0.4, -0.2) is 10.8 Å². The van der Waals surface area contributed by atoms with Gasteiger partial charge in [-0.25, -0.2) is 0 Å². The largest absolute Gasteiger partial charge is 0.489 e. The maximum atomic E-state index is 12.4. The van der Waals surface area contributed by atoms with E-state index in [2.05, 4.69) is 5.32 Å². The summed E-state index contributed by atoms with van der Waals surface area (Å²) in [6.07, 6.45) is 0. The smallest absolute Gasteiger partial charge is 0.271 e. The Morgan fingerprint density at radius 2 is 1.82 bits per heavy atom. The number of hydrogen-bond donors (Lipinski definition) is 1. The molecule has 28 heavy (non-hydrogen) atoms. The molecular weight excluding hydrogens is 380 g/mol. The van der Waals surface area contributed by atoms with Crippen LogP contribution in [-0.2, 0) is 6.61 Å². The molecule has 7 heteroatoms. The SMILES string of the molecule is Cc1ccc([N+](=O)[O-])cc1NC(=O)c1ccc(OCc2ccccc2Cl)cc1. The van der Waals surface area contributed by atoms with Crippen LogP contribution in [0.15, 0.2) is 66.7 Å². The van der Waals surface area contributed by atoms with E-state index < -0.39 is 4.92 Å². The second-order valence-corrected chi connectivity index (χ2v) is 6.52. The van der Waals surface area contributed by atoms with Gasteiger partial charge in [-0.2, -0.15) is 0 Å². The lowest BCUT2D eigenvalue weighted by molar-refractivity contribution is -0.384. The molecule has 0 saturated carbocycles. The summed E-state index contributed by atoms with van der Waals surface area (Å²) in [7, 11) is 0. The highest BCUT2D eigenvalue weighted by Gasteiger charge is 2.12. The first-order valence-corrected chi connectivity index (χ1v) is 8.84. The van der Waals surface area contributed by atoms with Crippen molar-refractivity contribution in [3.63, 3.8) is 0 Å². The highest BCUT2D eigenvalue weighted by molar-refractivity contribution is 6.31. The zero-order valence-electron chi connectivity index (χ0n) is 15.0. The van der Waals surface area contributed by atoms with Crippen molar-refractivity contribution in [2.75, 3.05) is 5.32 Å². The topological polar surface area (TPSA) is 81.5 Å². The Hall–Kier alpha value is -3.38. The van der Waals surface area contributed by atoms with Gasteiger partial charge in [0, 0.05) is 28.3 Å². The average molecular weight is 397 g/mol. The molecule has 1 N–H and O–H groups in total. The number of benzene rings is 3. The van der Waals surface area contributed by atoms with Gasteiger partial charge >= 0.3 is 0 Å². The van der Waals surface area contributed by atoms with Gasteiger partial charge in [-0.15, -0.1) is 0 Å². The molecule has 0 atom stereocenters. The third-order valence-corrected chi connectivity index (χ3v) is 4.52. The first kappa shape index (κ1) is 19.4. The molecule has 0 unspecified atom stereocenters. The number of anilines is 1. The van der Waals surface area contributed by atoms with Crippen LogP contribution in [0.1, 0.15) is 21.5 Å². The van der Waals surface area contributed by atoms with Gasteiger partial charge in [-0.05, 0) is 42.8 Å². The summed E-state index contributed by atoms with van der Waals surface area (Å²) in [5, 5.41) is 14.2. The normalized spacial score (nSPS) is 10.4. The van der Waals surface area contributed by atoms with Crippen LogP contribution < -0.4 is 10.1 Å². The van der Waals surface area contributed by atoms with E-state index in [0.717, 1.165) is 11.1 Å². The molecule has 0 saturated heterocycles. The van der Waals surface area contributed by atoms with Crippen molar-refractivity contribution < 1.29 is 14.5 Å². The van der Waals surface area contributed by atoms with Crippen LogP contribution in [0.3, 0.4) is 0 Å². The third kappa shape index (κ3) is 4.66. The Labute approximate surface area is 166 Å². The Kier molecular flexibility index (Phi) is 5.91. The van der Waals surface area contributed by atoms with Crippen LogP contribution in [0.2, 0.25) is 5.02 Å². The minimum absolute atomic E-state index is 0.0794. The van der Waals surface area contributed by atoms with Crippen molar-refractivity contribution >= 4 is 28.9 Å². The fraction of sp³-hybridized carbons (Fsp3) is 0.0952. The molecule has 0 fully saturated rings. The molecular formula is C21H17ClN2O4. The quantitative estimate of drug-likeness (QED) is 0.447. The third-order valence-electron chi connectivity index (χ3n) is 4.15. The maximum Gasteiger partial charge on any atom is 0.271 e. The lowest BCUT2D eigenvalue weighted by Crippen LogP contribution is -2.13. The van der Waals surface area contributed by atoms with E-state index in [9.17, 15) is 14.9 Å². The van der Waals surface area contributed by atoms with Crippen LogP contribution >= 0.6 is 11.6 Å². The summed E-state index contributed by atoms with van der Waals surface area (Å²) < 4.78 is 5.70. The fourth-order valence-electron chi connectivity index (χ4n) is 2.53. The lowest BCUT2D eigenvalue weighted by atomic mass is 10.1. The molecule has 0 heterocycles. The van der Waals surface area contributed by atoms with Crippen LogP contribution in [0.25, 0.3) is 0 Å². The molecule has 1 amide bonds. The zero-order chi connectivity index (χ0) is 20.1. The van der Waals surface area contributed by atoms with Crippen LogP contribution in [0.4, 0.5) is 11.4 Å². The van der Waals surface area contributed by atoms with Crippen LogP contribution in [0, 0.1) is 17.0 Å². The molecule has 0 aromatic heterocycles. The number of nitrogens with one attached hydrogen (secondary N) is 1. The lowest BCUT2D eigenvalue weighted by Gasteiger charge is -2.10. The predicted octanol–water partition coefficient (Wildman–Crippen LogP) is 5.39. The standard InChI is InChI=1S/C21H17ClN2O4/c1-14-6-9-17(24(26)27)12-20(14)23-21(25)15-7-10-18(11-8-15)28-13-16-4-2-3-5-19(16)22/h2-12H,13H2,1H3,(H,23,25). The number of non-ortho nitro benzene ring substituents is 1. The summed E-state index contributed by atoms with van der Waals surface area (Å²) in [6.45, 7) is 2.09. The van der Waals surface area contributed by atoms with Gasteiger partial charge in [0.1, 0.15) is 12.4 Å². The Bertz CT molecular complexity index is 1020. The number of nitro benzene ring substituents is 1. The predicted molar refractivity (Wildman–Crippen MR) is 108 cm³/mol. The van der Waals surface area contributed by atoms with E-state index in [1.54, 1.807) is 43.3 Å². The van der Waals surface area contributed by atoms with Crippen LogP contribution in [0.5, 0.6) is 5.75 Å². The second-order valence-electron chi connectivity index (χ2n) is 6.11. The van der Waals surface area contributed by atoms with Crippen molar-refractivity contribution in [3.8, 4) is 5.75 Å². The number of ether oxygens (including phenoxy) is 1. The van der Waals surface area contributed by atoms with Crippen molar-refractivity contribution in [2.24, 2.45) is 0 Å². The monoisotopic (exact) mass is 396 g/mol. The summed E-state index contributed by atoms with van der Waals surface area (Å²) in [4.78, 5) is 22.9. The summed E-state index contributed by atoms with van der Waals surface area (Å²) in [6, 6.07) is 18.4. The van der Waals surface area contributed by atoms with Gasteiger partial charge in [0.05, 0.1) is 10.6 Å². The highest BCUT2D eigenvalue weighted by Crippen LogP contribution is 2.23. The summed E-state index contributed by atoms with van der Waals surface area (Å²) in [5.74, 6) is 0.240. The van der Waals surface area contributed by atoms with E-state index in [4.69, 9.17) is 16.3 Å². The average Bonchev–Trinajstić information content (AvgIpc) is 2.69. The Morgan fingerprint density at radius 3 is 2.50 bits per heavy atom. The number of nitro groups is 1. The number of nitrogens with zero attached hydrogens (tertiary/aromatic N) is 1. The van der Waals surface area contributed by atoms with E-state index in [1.807, 2.05) is 18.2 Å². The molecule has 0 aliphatic rings. The molecule has 3 rings (SSSR count). The van der Waals surface area contributed by atoms with Gasteiger partial charge < -0.3 is 10.1 Å². The van der Waals surface area contributed by atoms with Gasteiger partial charge in [-0.1, -0.05) is 35.9 Å². The number of halogens is 1. The second kappa shape index (κ2) is 8.54. The van der Waals surface area contributed by atoms with Crippen molar-refractivity contribution in [1.82, 2.24) is 0 Å². The summed E-state index contributed by atoms with van der Waals surface area (Å²) >= 11 is 6.10. The van der Waals surface area contributed by atoms with Gasteiger partial charge in [0.2, 0.25) is 0 Å². The molecule has 142 valence electrons. The van der Waals surface area contributed by atoms with Crippen molar-refractivity contribution in [2.45, 2.75) is 13.5 Å². The zero-order valence-corrected chi connectivity index (χ0v) is 15.8. The molecule has 3 aromatic carbocycles. The van der Waals surface area contributed by atoms with Crippen molar-refractivity contribution in [3.05, 3.63) is 98.6 Å². The van der Waals surface area contributed by atoms with E-state index >= 15 is 0 Å². The number of rotatable bonds is 6. The highest BCUT2D eigenvalue weighted by atomic mass is 35.5.